The average Bonchev–Trinajstić information content (AvgIpc) is 2.82. The highest BCUT2D eigenvalue weighted by atomic mass is 16.2. The molecule has 1 fully saturated rings. The zero-order valence-corrected chi connectivity index (χ0v) is 11.7. The van der Waals surface area contributed by atoms with Crippen LogP contribution in [0.2, 0.25) is 0 Å². The monoisotopic (exact) mass is 262 g/mol. The third-order valence-corrected chi connectivity index (χ3v) is 3.77. The number of carbonyl (C=O) groups is 1. The van der Waals surface area contributed by atoms with E-state index in [2.05, 4.69) is 28.8 Å². The number of likely N-dealkylation sites (N-methyl/N-ethyl adjacent to an activating group) is 1. The van der Waals surface area contributed by atoms with Crippen LogP contribution in [0.5, 0.6) is 0 Å². The largest absolute Gasteiger partial charge is 0.341 e. The molecule has 0 bridgehead atoms. The Bertz CT molecular complexity index is 409. The molecular formula is C14H22N4O. The number of aromatic nitrogens is 2. The van der Waals surface area contributed by atoms with Gasteiger partial charge in [-0.3, -0.25) is 14.8 Å². The van der Waals surface area contributed by atoms with Crippen LogP contribution < -0.4 is 0 Å². The van der Waals surface area contributed by atoms with Crippen LogP contribution in [-0.4, -0.2) is 58.4 Å². The fourth-order valence-electron chi connectivity index (χ4n) is 2.33. The molecule has 1 saturated heterocycles. The summed E-state index contributed by atoms with van der Waals surface area (Å²) in [5.41, 5.74) is 1.01. The van der Waals surface area contributed by atoms with Gasteiger partial charge in [-0.15, -0.1) is 0 Å². The van der Waals surface area contributed by atoms with Gasteiger partial charge in [0, 0.05) is 57.1 Å². The standard InChI is InChI=1S/C14H22N4O/c1-12(10-13-11-15-5-6-16-13)17(2)8-9-18-7-3-4-14(18)19/h5-6,11-12H,3-4,7-10H2,1-2H3. The summed E-state index contributed by atoms with van der Waals surface area (Å²) < 4.78 is 0. The molecule has 1 unspecified atom stereocenters. The molecule has 5 heteroatoms. The summed E-state index contributed by atoms with van der Waals surface area (Å²) in [6, 6.07) is 0.398. The molecule has 1 aliphatic rings. The summed E-state index contributed by atoms with van der Waals surface area (Å²) in [4.78, 5) is 24.2. The topological polar surface area (TPSA) is 49.3 Å². The number of carbonyl (C=O) groups excluding carboxylic acids is 1. The molecule has 2 rings (SSSR count). The molecule has 1 amide bonds. The highest BCUT2D eigenvalue weighted by molar-refractivity contribution is 5.78. The summed E-state index contributed by atoms with van der Waals surface area (Å²) in [6.07, 6.45) is 7.85. The van der Waals surface area contributed by atoms with Gasteiger partial charge < -0.3 is 9.80 Å². The van der Waals surface area contributed by atoms with Crippen LogP contribution in [0, 0.1) is 0 Å². The predicted octanol–water partition coefficient (Wildman–Crippen LogP) is 0.962. The molecule has 0 saturated carbocycles. The minimum absolute atomic E-state index is 0.301. The van der Waals surface area contributed by atoms with E-state index in [1.165, 1.54) is 0 Å². The summed E-state index contributed by atoms with van der Waals surface area (Å²) >= 11 is 0. The predicted molar refractivity (Wildman–Crippen MR) is 73.6 cm³/mol. The van der Waals surface area contributed by atoms with E-state index in [9.17, 15) is 4.79 Å². The van der Waals surface area contributed by atoms with Gasteiger partial charge in [-0.05, 0) is 20.4 Å². The van der Waals surface area contributed by atoms with Crippen LogP contribution >= 0.6 is 0 Å². The number of nitrogens with zero attached hydrogens (tertiary/aromatic N) is 4. The fourth-order valence-corrected chi connectivity index (χ4v) is 2.33. The number of amides is 1. The van der Waals surface area contributed by atoms with Crippen molar-refractivity contribution in [2.45, 2.75) is 32.2 Å². The van der Waals surface area contributed by atoms with Crippen LogP contribution in [-0.2, 0) is 11.2 Å². The van der Waals surface area contributed by atoms with Crippen LogP contribution in [0.15, 0.2) is 18.6 Å². The lowest BCUT2D eigenvalue weighted by molar-refractivity contribution is -0.127. The highest BCUT2D eigenvalue weighted by Crippen LogP contribution is 2.10. The maximum Gasteiger partial charge on any atom is 0.222 e. The second kappa shape index (κ2) is 6.61. The minimum Gasteiger partial charge on any atom is -0.341 e. The number of hydrogen-bond donors (Lipinski definition) is 0. The normalized spacial score (nSPS) is 17.2. The molecule has 0 aromatic carbocycles. The molecule has 2 heterocycles. The van der Waals surface area contributed by atoms with Crippen molar-refractivity contribution in [1.82, 2.24) is 19.8 Å². The van der Waals surface area contributed by atoms with Gasteiger partial charge in [-0.25, -0.2) is 0 Å². The van der Waals surface area contributed by atoms with Gasteiger partial charge in [-0.2, -0.15) is 0 Å². The third kappa shape index (κ3) is 3.99. The lowest BCUT2D eigenvalue weighted by Gasteiger charge is -2.26. The smallest absolute Gasteiger partial charge is 0.222 e. The van der Waals surface area contributed by atoms with Crippen LogP contribution in [0.1, 0.15) is 25.5 Å². The molecule has 1 aromatic rings. The minimum atomic E-state index is 0.301. The number of rotatable bonds is 6. The Kier molecular flexibility index (Phi) is 4.85. The molecule has 1 aromatic heterocycles. The Morgan fingerprint density at radius 2 is 2.32 bits per heavy atom. The molecule has 5 nitrogen and oxygen atoms in total. The molecule has 19 heavy (non-hydrogen) atoms. The molecule has 0 aliphatic carbocycles. The van der Waals surface area contributed by atoms with Crippen molar-refractivity contribution in [3.8, 4) is 0 Å². The van der Waals surface area contributed by atoms with Gasteiger partial charge in [-0.1, -0.05) is 0 Å². The van der Waals surface area contributed by atoms with E-state index in [-0.39, 0.29) is 0 Å². The Hall–Kier alpha value is -1.49. The van der Waals surface area contributed by atoms with Gasteiger partial charge in [0.05, 0.1) is 5.69 Å². The SMILES string of the molecule is CC(Cc1cnccn1)N(C)CCN1CCCC1=O. The quantitative estimate of drug-likeness (QED) is 0.766. The van der Waals surface area contributed by atoms with Crippen LogP contribution in [0.25, 0.3) is 0 Å². The molecule has 1 aliphatic heterocycles. The first-order valence-corrected chi connectivity index (χ1v) is 6.89. The first-order chi connectivity index (χ1) is 9.16. The molecule has 104 valence electrons. The fraction of sp³-hybridized carbons (Fsp3) is 0.643. The summed E-state index contributed by atoms with van der Waals surface area (Å²) in [7, 11) is 2.10. The first-order valence-electron chi connectivity index (χ1n) is 6.89. The van der Waals surface area contributed by atoms with Crippen molar-refractivity contribution >= 4 is 5.91 Å². The Balaban J connectivity index is 1.76. The van der Waals surface area contributed by atoms with E-state index in [0.29, 0.717) is 11.9 Å². The van der Waals surface area contributed by atoms with Gasteiger partial charge in [0.15, 0.2) is 0 Å². The Labute approximate surface area is 114 Å². The zero-order chi connectivity index (χ0) is 13.7. The van der Waals surface area contributed by atoms with Crippen LogP contribution in [0.3, 0.4) is 0 Å². The summed E-state index contributed by atoms with van der Waals surface area (Å²) in [6.45, 7) is 4.85. The van der Waals surface area contributed by atoms with Gasteiger partial charge in [0.25, 0.3) is 0 Å². The van der Waals surface area contributed by atoms with Crippen molar-refractivity contribution in [3.05, 3.63) is 24.3 Å². The molecule has 0 spiro atoms. The van der Waals surface area contributed by atoms with E-state index in [1.54, 1.807) is 12.4 Å². The summed E-state index contributed by atoms with van der Waals surface area (Å²) in [5, 5.41) is 0. The van der Waals surface area contributed by atoms with Crippen LogP contribution in [0.4, 0.5) is 0 Å². The second-order valence-electron chi connectivity index (χ2n) is 5.21. The molecule has 0 radical (unpaired) electrons. The van der Waals surface area contributed by atoms with Crippen molar-refractivity contribution in [2.24, 2.45) is 0 Å². The highest BCUT2D eigenvalue weighted by Gasteiger charge is 2.20. The molecular weight excluding hydrogens is 240 g/mol. The molecule has 1 atom stereocenters. The Morgan fingerprint density at radius 1 is 1.47 bits per heavy atom. The van der Waals surface area contributed by atoms with Crippen molar-refractivity contribution in [2.75, 3.05) is 26.7 Å². The maximum atomic E-state index is 11.5. The van der Waals surface area contributed by atoms with Gasteiger partial charge >= 0.3 is 0 Å². The van der Waals surface area contributed by atoms with E-state index < -0.39 is 0 Å². The Morgan fingerprint density at radius 3 is 2.95 bits per heavy atom. The maximum absolute atomic E-state index is 11.5. The summed E-state index contributed by atoms with van der Waals surface area (Å²) in [5.74, 6) is 0.301. The molecule has 0 N–H and O–H groups in total. The first kappa shape index (κ1) is 13.9. The van der Waals surface area contributed by atoms with Gasteiger partial charge in [0.2, 0.25) is 5.91 Å². The third-order valence-electron chi connectivity index (χ3n) is 3.77. The average molecular weight is 262 g/mol. The zero-order valence-electron chi connectivity index (χ0n) is 11.7. The number of hydrogen-bond acceptors (Lipinski definition) is 4. The lowest BCUT2D eigenvalue weighted by Crippen LogP contribution is -2.38. The second-order valence-corrected chi connectivity index (χ2v) is 5.21. The van der Waals surface area contributed by atoms with E-state index in [0.717, 1.165) is 44.6 Å². The number of likely N-dealkylation sites (tertiary alicyclic amines) is 1. The van der Waals surface area contributed by atoms with Crippen molar-refractivity contribution < 1.29 is 4.79 Å². The van der Waals surface area contributed by atoms with Crippen molar-refractivity contribution in [1.29, 1.82) is 0 Å². The van der Waals surface area contributed by atoms with E-state index in [1.807, 2.05) is 11.1 Å². The van der Waals surface area contributed by atoms with Crippen molar-refractivity contribution in [3.63, 3.8) is 0 Å². The van der Waals surface area contributed by atoms with Gasteiger partial charge in [0.1, 0.15) is 0 Å². The van der Waals surface area contributed by atoms with E-state index in [4.69, 9.17) is 0 Å². The van der Waals surface area contributed by atoms with E-state index >= 15 is 0 Å². The lowest BCUT2D eigenvalue weighted by atomic mass is 10.1.